The van der Waals surface area contributed by atoms with Gasteiger partial charge in [0.05, 0.1) is 6.04 Å². The molecule has 0 saturated carbocycles. The van der Waals surface area contributed by atoms with Crippen LogP contribution in [0.15, 0.2) is 0 Å². The number of aromatic amines is 1. The third-order valence-corrected chi connectivity index (χ3v) is 2.18. The molecule has 0 radical (unpaired) electrons. The molecule has 0 aliphatic rings. The van der Waals surface area contributed by atoms with Gasteiger partial charge >= 0.3 is 6.09 Å². The summed E-state index contributed by atoms with van der Waals surface area (Å²) in [5.41, 5.74) is -0.520. The number of hydrogen-bond acceptors (Lipinski definition) is 5. The molecule has 19 heavy (non-hydrogen) atoms. The maximum absolute atomic E-state index is 11.8. The van der Waals surface area contributed by atoms with Crippen LogP contribution >= 0.6 is 0 Å². The van der Waals surface area contributed by atoms with Crippen LogP contribution in [-0.4, -0.2) is 32.3 Å². The summed E-state index contributed by atoms with van der Waals surface area (Å²) >= 11 is 0. The van der Waals surface area contributed by atoms with Gasteiger partial charge in [0.15, 0.2) is 5.82 Å². The molecule has 1 heterocycles. The van der Waals surface area contributed by atoms with E-state index < -0.39 is 11.7 Å². The first-order valence-electron chi connectivity index (χ1n) is 6.30. The highest BCUT2D eigenvalue weighted by molar-refractivity contribution is 5.68. The summed E-state index contributed by atoms with van der Waals surface area (Å²) in [4.78, 5) is 11.8. The summed E-state index contributed by atoms with van der Waals surface area (Å²) in [6, 6.07) is -0.325. The summed E-state index contributed by atoms with van der Waals surface area (Å²) in [5.74, 6) is 0.459. The largest absolute Gasteiger partial charge is 0.444 e. The standard InChI is InChI=1S/C12H23N5O2/c1-11(2,3)7-8(9-14-16-17-15-9)13-10(18)19-12(4,5)6/h8H,7H2,1-6H3,(H,13,18)(H,14,15,16,17). The number of ether oxygens (including phenoxy) is 1. The quantitative estimate of drug-likeness (QED) is 0.877. The summed E-state index contributed by atoms with van der Waals surface area (Å²) in [7, 11) is 0. The van der Waals surface area contributed by atoms with E-state index in [0.717, 1.165) is 0 Å². The highest BCUT2D eigenvalue weighted by Crippen LogP contribution is 2.27. The van der Waals surface area contributed by atoms with Gasteiger partial charge in [-0.25, -0.2) is 4.79 Å². The van der Waals surface area contributed by atoms with E-state index in [1.54, 1.807) is 0 Å². The first-order valence-corrected chi connectivity index (χ1v) is 6.30. The van der Waals surface area contributed by atoms with Gasteiger partial charge in [-0.2, -0.15) is 5.21 Å². The fourth-order valence-corrected chi connectivity index (χ4v) is 1.59. The number of nitrogens with one attached hydrogen (secondary N) is 2. The summed E-state index contributed by atoms with van der Waals surface area (Å²) in [6.45, 7) is 11.7. The molecule has 1 rings (SSSR count). The Morgan fingerprint density at radius 2 is 1.95 bits per heavy atom. The molecule has 1 aromatic heterocycles. The molecule has 0 fully saturated rings. The van der Waals surface area contributed by atoms with Crippen LogP contribution in [0.25, 0.3) is 0 Å². The normalized spacial score (nSPS) is 14.0. The van der Waals surface area contributed by atoms with E-state index >= 15 is 0 Å². The van der Waals surface area contributed by atoms with E-state index in [0.29, 0.717) is 12.2 Å². The third-order valence-electron chi connectivity index (χ3n) is 2.18. The fourth-order valence-electron chi connectivity index (χ4n) is 1.59. The second-order valence-electron chi connectivity index (χ2n) is 6.73. The van der Waals surface area contributed by atoms with Gasteiger partial charge in [-0.05, 0) is 32.6 Å². The maximum Gasteiger partial charge on any atom is 0.408 e. The van der Waals surface area contributed by atoms with E-state index in [9.17, 15) is 4.79 Å². The molecule has 1 amide bonds. The van der Waals surface area contributed by atoms with Crippen LogP contribution in [0.3, 0.4) is 0 Å². The summed E-state index contributed by atoms with van der Waals surface area (Å²) < 4.78 is 5.24. The number of tetrazole rings is 1. The maximum atomic E-state index is 11.8. The molecule has 0 aliphatic carbocycles. The van der Waals surface area contributed by atoms with Gasteiger partial charge in [-0.15, -0.1) is 10.2 Å². The van der Waals surface area contributed by atoms with Gasteiger partial charge in [0.1, 0.15) is 5.60 Å². The zero-order valence-corrected chi connectivity index (χ0v) is 12.4. The topological polar surface area (TPSA) is 92.8 Å². The van der Waals surface area contributed by atoms with Crippen molar-refractivity contribution in [3.05, 3.63) is 5.82 Å². The van der Waals surface area contributed by atoms with Crippen LogP contribution in [0, 0.1) is 5.41 Å². The molecule has 7 nitrogen and oxygen atoms in total. The highest BCUT2D eigenvalue weighted by atomic mass is 16.6. The van der Waals surface area contributed by atoms with Crippen LogP contribution in [0.2, 0.25) is 0 Å². The number of carbonyl (C=O) groups is 1. The molecule has 0 bridgehead atoms. The first-order chi connectivity index (χ1) is 8.57. The van der Waals surface area contributed by atoms with Gasteiger partial charge in [0.2, 0.25) is 0 Å². The van der Waals surface area contributed by atoms with Crippen molar-refractivity contribution in [1.82, 2.24) is 25.9 Å². The van der Waals surface area contributed by atoms with Crippen molar-refractivity contribution in [1.29, 1.82) is 0 Å². The van der Waals surface area contributed by atoms with Gasteiger partial charge < -0.3 is 10.1 Å². The molecule has 0 aromatic carbocycles. The van der Waals surface area contributed by atoms with Crippen molar-refractivity contribution in [2.75, 3.05) is 0 Å². The first kappa shape index (κ1) is 15.4. The molecule has 0 aliphatic heterocycles. The van der Waals surface area contributed by atoms with E-state index in [-0.39, 0.29) is 11.5 Å². The lowest BCUT2D eigenvalue weighted by Crippen LogP contribution is -2.36. The van der Waals surface area contributed by atoms with Crippen molar-refractivity contribution in [3.8, 4) is 0 Å². The van der Waals surface area contributed by atoms with Gasteiger partial charge in [0, 0.05) is 0 Å². The molecule has 2 N–H and O–H groups in total. The molecule has 108 valence electrons. The SMILES string of the molecule is CC(C)(C)CC(NC(=O)OC(C)(C)C)c1nn[nH]n1. The van der Waals surface area contributed by atoms with Crippen molar-refractivity contribution in [3.63, 3.8) is 0 Å². The Balaban J connectivity index is 2.73. The Hall–Kier alpha value is -1.66. The monoisotopic (exact) mass is 269 g/mol. The zero-order chi connectivity index (χ0) is 14.7. The fraction of sp³-hybridized carbons (Fsp3) is 0.833. The molecule has 1 aromatic rings. The van der Waals surface area contributed by atoms with E-state index in [1.807, 2.05) is 20.8 Å². The summed E-state index contributed by atoms with van der Waals surface area (Å²) in [6.07, 6.45) is 0.206. The van der Waals surface area contributed by atoms with Crippen LogP contribution in [-0.2, 0) is 4.74 Å². The molecular weight excluding hydrogens is 246 g/mol. The number of hydrogen-bond donors (Lipinski definition) is 2. The number of alkyl carbamates (subject to hydrolysis) is 1. The number of amides is 1. The molecule has 1 unspecified atom stereocenters. The van der Waals surface area contributed by atoms with Crippen LogP contribution in [0.4, 0.5) is 4.79 Å². The minimum atomic E-state index is -0.534. The van der Waals surface area contributed by atoms with E-state index in [4.69, 9.17) is 4.74 Å². The number of carbonyl (C=O) groups excluding carboxylic acids is 1. The van der Waals surface area contributed by atoms with Crippen LogP contribution in [0.5, 0.6) is 0 Å². The lowest BCUT2D eigenvalue weighted by atomic mass is 9.88. The van der Waals surface area contributed by atoms with Crippen molar-refractivity contribution in [2.24, 2.45) is 5.41 Å². The highest BCUT2D eigenvalue weighted by Gasteiger charge is 2.27. The number of nitrogens with zero attached hydrogens (tertiary/aromatic N) is 3. The molecular formula is C12H23N5O2. The van der Waals surface area contributed by atoms with Crippen molar-refractivity contribution in [2.45, 2.75) is 59.6 Å². The zero-order valence-electron chi connectivity index (χ0n) is 12.4. The number of rotatable bonds is 3. The minimum Gasteiger partial charge on any atom is -0.444 e. The average molecular weight is 269 g/mol. The van der Waals surface area contributed by atoms with Crippen LogP contribution < -0.4 is 5.32 Å². The second kappa shape index (κ2) is 5.54. The molecule has 0 saturated heterocycles. The predicted octanol–water partition coefficient (Wildman–Crippen LogP) is 2.20. The number of H-pyrrole nitrogens is 1. The summed E-state index contributed by atoms with van der Waals surface area (Å²) in [5, 5.41) is 16.6. The molecule has 1 atom stereocenters. The minimum absolute atomic E-state index is 0.0142. The Morgan fingerprint density at radius 1 is 1.32 bits per heavy atom. The average Bonchev–Trinajstić information content (AvgIpc) is 2.62. The van der Waals surface area contributed by atoms with Crippen LogP contribution in [0.1, 0.15) is 59.8 Å². The lowest BCUT2D eigenvalue weighted by Gasteiger charge is -2.26. The third kappa shape index (κ3) is 6.17. The predicted molar refractivity (Wildman–Crippen MR) is 70.4 cm³/mol. The smallest absolute Gasteiger partial charge is 0.408 e. The van der Waals surface area contributed by atoms with E-state index in [2.05, 4.69) is 46.7 Å². The Labute approximate surface area is 113 Å². The van der Waals surface area contributed by atoms with Gasteiger partial charge in [-0.3, -0.25) is 0 Å². The second-order valence-corrected chi connectivity index (χ2v) is 6.73. The number of aromatic nitrogens is 4. The molecule has 7 heteroatoms. The molecule has 0 spiro atoms. The lowest BCUT2D eigenvalue weighted by molar-refractivity contribution is 0.0489. The Morgan fingerprint density at radius 3 is 2.37 bits per heavy atom. The van der Waals surface area contributed by atoms with Gasteiger partial charge in [-0.1, -0.05) is 26.0 Å². The van der Waals surface area contributed by atoms with Crippen molar-refractivity contribution >= 4 is 6.09 Å². The van der Waals surface area contributed by atoms with E-state index in [1.165, 1.54) is 0 Å². The Kier molecular flexibility index (Phi) is 4.49. The van der Waals surface area contributed by atoms with Crippen molar-refractivity contribution < 1.29 is 9.53 Å². The Bertz CT molecular complexity index is 403. The van der Waals surface area contributed by atoms with Gasteiger partial charge in [0.25, 0.3) is 0 Å².